The number of aryl methyl sites for hydroxylation is 1. The number of methoxy groups -OCH3 is 1. The van der Waals surface area contributed by atoms with E-state index in [1.54, 1.807) is 12.0 Å². The van der Waals surface area contributed by atoms with Gasteiger partial charge in [-0.2, -0.15) is 0 Å². The van der Waals surface area contributed by atoms with Crippen molar-refractivity contribution in [3.8, 4) is 11.5 Å². The molecule has 2 aromatic rings. The van der Waals surface area contributed by atoms with E-state index < -0.39 is 0 Å². The average Bonchev–Trinajstić information content (AvgIpc) is 2.55. The third-order valence-corrected chi connectivity index (χ3v) is 3.76. The number of benzene rings is 2. The summed E-state index contributed by atoms with van der Waals surface area (Å²) in [7, 11) is 1.61. The van der Waals surface area contributed by atoms with Crippen LogP contribution in [0.1, 0.15) is 12.5 Å². The van der Waals surface area contributed by atoms with E-state index in [1.807, 2.05) is 56.3 Å². The van der Waals surface area contributed by atoms with E-state index in [9.17, 15) is 4.79 Å². The number of urea groups is 1. The van der Waals surface area contributed by atoms with Gasteiger partial charge in [0.05, 0.1) is 19.3 Å². The lowest BCUT2D eigenvalue weighted by atomic mass is 10.1. The maximum atomic E-state index is 12.7. The van der Waals surface area contributed by atoms with Crippen LogP contribution in [0, 0.1) is 6.92 Å². The summed E-state index contributed by atoms with van der Waals surface area (Å²) in [6.45, 7) is 4.47. The van der Waals surface area contributed by atoms with Crippen LogP contribution in [-0.2, 0) is 0 Å². The Bertz CT molecular complexity index is 713. The lowest BCUT2D eigenvalue weighted by Crippen LogP contribution is -2.44. The summed E-state index contributed by atoms with van der Waals surface area (Å²) < 4.78 is 10.9. The zero-order chi connectivity index (χ0) is 16.4. The van der Waals surface area contributed by atoms with E-state index >= 15 is 0 Å². The molecule has 0 radical (unpaired) electrons. The standard InChI is InChI=1S/C18H20N2O3/c1-12-4-9-17-16(10-12)20(11-13(2)23-17)18(21)19-14-5-7-15(22-3)8-6-14/h4-10,13H,11H2,1-3H3,(H,19,21). The molecule has 1 N–H and O–H groups in total. The van der Waals surface area contributed by atoms with E-state index in [0.717, 1.165) is 28.4 Å². The molecule has 0 aromatic heterocycles. The lowest BCUT2D eigenvalue weighted by molar-refractivity contribution is 0.208. The zero-order valence-electron chi connectivity index (χ0n) is 13.5. The fraction of sp³-hybridized carbons (Fsp3) is 0.278. The first kappa shape index (κ1) is 15.2. The number of anilines is 2. The molecule has 3 rings (SSSR count). The Labute approximate surface area is 135 Å². The number of carbonyl (C=O) groups is 1. The van der Waals surface area contributed by atoms with Gasteiger partial charge in [0.2, 0.25) is 0 Å². The van der Waals surface area contributed by atoms with Crippen LogP contribution in [0.15, 0.2) is 42.5 Å². The average molecular weight is 312 g/mol. The Morgan fingerprint density at radius 3 is 2.70 bits per heavy atom. The molecule has 1 unspecified atom stereocenters. The fourth-order valence-corrected chi connectivity index (χ4v) is 2.61. The van der Waals surface area contributed by atoms with Crippen molar-refractivity contribution in [2.45, 2.75) is 20.0 Å². The monoisotopic (exact) mass is 312 g/mol. The highest BCUT2D eigenvalue weighted by molar-refractivity contribution is 6.03. The van der Waals surface area contributed by atoms with Crippen LogP contribution in [0.5, 0.6) is 11.5 Å². The summed E-state index contributed by atoms with van der Waals surface area (Å²) in [5, 5.41) is 2.92. The first-order valence-corrected chi connectivity index (χ1v) is 7.56. The number of fused-ring (bicyclic) bond motifs is 1. The Kier molecular flexibility index (Phi) is 4.10. The second-order valence-corrected chi connectivity index (χ2v) is 5.67. The Balaban J connectivity index is 1.83. The van der Waals surface area contributed by atoms with Crippen molar-refractivity contribution in [1.29, 1.82) is 0 Å². The van der Waals surface area contributed by atoms with Gasteiger partial charge in [-0.15, -0.1) is 0 Å². The molecule has 0 spiro atoms. The van der Waals surface area contributed by atoms with Crippen molar-refractivity contribution in [3.63, 3.8) is 0 Å². The minimum Gasteiger partial charge on any atom is -0.497 e. The van der Waals surface area contributed by atoms with Crippen LogP contribution >= 0.6 is 0 Å². The van der Waals surface area contributed by atoms with E-state index in [4.69, 9.17) is 9.47 Å². The predicted octanol–water partition coefficient (Wildman–Crippen LogP) is 3.82. The topological polar surface area (TPSA) is 50.8 Å². The molecule has 0 aliphatic carbocycles. The van der Waals surface area contributed by atoms with Crippen LogP contribution in [0.4, 0.5) is 16.2 Å². The van der Waals surface area contributed by atoms with Gasteiger partial charge in [-0.1, -0.05) is 6.07 Å². The Morgan fingerprint density at radius 2 is 2.00 bits per heavy atom. The van der Waals surface area contributed by atoms with Crippen LogP contribution in [-0.4, -0.2) is 25.8 Å². The number of carbonyl (C=O) groups excluding carboxylic acids is 1. The number of nitrogens with zero attached hydrogens (tertiary/aromatic N) is 1. The Hall–Kier alpha value is -2.69. The minimum absolute atomic E-state index is 0.0492. The molecule has 5 nitrogen and oxygen atoms in total. The second-order valence-electron chi connectivity index (χ2n) is 5.67. The smallest absolute Gasteiger partial charge is 0.326 e. The van der Waals surface area contributed by atoms with Gasteiger partial charge in [0.15, 0.2) is 0 Å². The normalized spacial score (nSPS) is 16.3. The SMILES string of the molecule is COc1ccc(NC(=O)N2CC(C)Oc3ccc(C)cc32)cc1. The molecule has 2 aromatic carbocycles. The molecular formula is C18H20N2O3. The molecule has 1 aliphatic rings. The third kappa shape index (κ3) is 3.23. The van der Waals surface area contributed by atoms with Gasteiger partial charge in [0, 0.05) is 5.69 Å². The first-order valence-electron chi connectivity index (χ1n) is 7.56. The highest BCUT2D eigenvalue weighted by atomic mass is 16.5. The number of rotatable bonds is 2. The van der Waals surface area contributed by atoms with Crippen molar-refractivity contribution in [2.24, 2.45) is 0 Å². The quantitative estimate of drug-likeness (QED) is 0.917. The maximum absolute atomic E-state index is 12.7. The van der Waals surface area contributed by atoms with Crippen molar-refractivity contribution >= 4 is 17.4 Å². The van der Waals surface area contributed by atoms with Gasteiger partial charge in [-0.3, -0.25) is 4.90 Å². The summed E-state index contributed by atoms with van der Waals surface area (Å²) in [6, 6.07) is 13.0. The molecule has 120 valence electrons. The second kappa shape index (κ2) is 6.20. The van der Waals surface area contributed by atoms with Crippen molar-refractivity contribution in [1.82, 2.24) is 0 Å². The van der Waals surface area contributed by atoms with E-state index in [0.29, 0.717) is 6.54 Å². The molecular weight excluding hydrogens is 292 g/mol. The van der Waals surface area contributed by atoms with Crippen molar-refractivity contribution in [3.05, 3.63) is 48.0 Å². The molecule has 2 amide bonds. The molecule has 5 heteroatoms. The first-order chi connectivity index (χ1) is 11.1. The minimum atomic E-state index is -0.169. The molecule has 0 bridgehead atoms. The van der Waals surface area contributed by atoms with Gasteiger partial charge < -0.3 is 14.8 Å². The van der Waals surface area contributed by atoms with Crippen LogP contribution in [0.2, 0.25) is 0 Å². The van der Waals surface area contributed by atoms with E-state index in [2.05, 4.69) is 5.32 Å². The van der Waals surface area contributed by atoms with Crippen molar-refractivity contribution in [2.75, 3.05) is 23.9 Å². The van der Waals surface area contributed by atoms with Gasteiger partial charge in [-0.05, 0) is 55.8 Å². The summed E-state index contributed by atoms with van der Waals surface area (Å²) in [6.07, 6.45) is -0.0492. The van der Waals surface area contributed by atoms with E-state index in [-0.39, 0.29) is 12.1 Å². The molecule has 23 heavy (non-hydrogen) atoms. The van der Waals surface area contributed by atoms with Crippen LogP contribution < -0.4 is 19.7 Å². The van der Waals surface area contributed by atoms with Crippen molar-refractivity contribution < 1.29 is 14.3 Å². The van der Waals surface area contributed by atoms with Gasteiger partial charge in [0.25, 0.3) is 0 Å². The van der Waals surface area contributed by atoms with Crippen LogP contribution in [0.3, 0.4) is 0 Å². The molecule has 0 saturated carbocycles. The van der Waals surface area contributed by atoms with Gasteiger partial charge in [0.1, 0.15) is 17.6 Å². The predicted molar refractivity (Wildman–Crippen MR) is 90.6 cm³/mol. The van der Waals surface area contributed by atoms with E-state index in [1.165, 1.54) is 0 Å². The number of hydrogen-bond acceptors (Lipinski definition) is 3. The third-order valence-electron chi connectivity index (χ3n) is 3.76. The Morgan fingerprint density at radius 1 is 1.26 bits per heavy atom. The molecule has 1 heterocycles. The molecule has 1 atom stereocenters. The summed E-state index contributed by atoms with van der Waals surface area (Å²) >= 11 is 0. The maximum Gasteiger partial charge on any atom is 0.326 e. The highest BCUT2D eigenvalue weighted by Crippen LogP contribution is 2.34. The van der Waals surface area contributed by atoms with Gasteiger partial charge in [-0.25, -0.2) is 4.79 Å². The fourth-order valence-electron chi connectivity index (χ4n) is 2.61. The highest BCUT2D eigenvalue weighted by Gasteiger charge is 2.27. The summed E-state index contributed by atoms with van der Waals surface area (Å²) in [5.41, 5.74) is 2.61. The summed E-state index contributed by atoms with van der Waals surface area (Å²) in [4.78, 5) is 14.4. The number of ether oxygens (including phenoxy) is 2. The lowest BCUT2D eigenvalue weighted by Gasteiger charge is -2.33. The molecule has 1 aliphatic heterocycles. The summed E-state index contributed by atoms with van der Waals surface area (Å²) in [5.74, 6) is 1.49. The largest absolute Gasteiger partial charge is 0.497 e. The number of amides is 2. The number of hydrogen-bond donors (Lipinski definition) is 1. The van der Waals surface area contributed by atoms with Gasteiger partial charge >= 0.3 is 6.03 Å². The number of nitrogens with one attached hydrogen (secondary N) is 1. The zero-order valence-corrected chi connectivity index (χ0v) is 13.5. The molecule has 0 fully saturated rings. The van der Waals surface area contributed by atoms with Crippen LogP contribution in [0.25, 0.3) is 0 Å². The molecule has 0 saturated heterocycles.